The predicted molar refractivity (Wildman–Crippen MR) is 127 cm³/mol. The van der Waals surface area contributed by atoms with Crippen LogP contribution < -0.4 is 0 Å². The highest BCUT2D eigenvalue weighted by Gasteiger charge is 2.66. The van der Waals surface area contributed by atoms with Gasteiger partial charge in [0.25, 0.3) is 5.69 Å². The summed E-state index contributed by atoms with van der Waals surface area (Å²) in [7, 11) is 0. The Balaban J connectivity index is 1.54. The minimum absolute atomic E-state index is 0.0165. The number of carbonyl (C=O) groups is 2. The number of non-ortho nitro benzene ring substituents is 1. The third-order valence-electron chi connectivity index (χ3n) is 6.87. The molecule has 0 saturated carbocycles. The molecule has 13 heteroatoms. The van der Waals surface area contributed by atoms with Gasteiger partial charge >= 0.3 is 5.97 Å². The second kappa shape index (κ2) is 8.64. The van der Waals surface area contributed by atoms with Gasteiger partial charge in [0, 0.05) is 40.0 Å². The number of benzene rings is 1. The number of carbonyl (C=O) groups excluding carboxylic acids is 1. The number of amides is 1. The van der Waals surface area contributed by atoms with E-state index in [9.17, 15) is 29.9 Å². The average Bonchev–Trinajstić information content (AvgIpc) is 3.34. The van der Waals surface area contributed by atoms with Crippen molar-refractivity contribution in [2.75, 3.05) is 5.75 Å². The van der Waals surface area contributed by atoms with Crippen LogP contribution in [-0.2, 0) is 22.6 Å². The topological polar surface area (TPSA) is 152 Å². The largest absolute Gasteiger partial charge is 0.477 e. The van der Waals surface area contributed by atoms with Gasteiger partial charge in [-0.2, -0.15) is 0 Å². The fraction of sp³-hybridized carbons (Fsp3) is 0.455. The first-order valence-electron chi connectivity index (χ1n) is 11.0. The fourth-order valence-corrected chi connectivity index (χ4v) is 7.96. The van der Waals surface area contributed by atoms with Gasteiger partial charge in [-0.05, 0) is 18.9 Å². The molecule has 1 aromatic heterocycles. The van der Waals surface area contributed by atoms with Crippen molar-refractivity contribution in [3.63, 3.8) is 0 Å². The third kappa shape index (κ3) is 3.81. The molecule has 11 nitrogen and oxygen atoms in total. The van der Waals surface area contributed by atoms with Gasteiger partial charge < -0.3 is 19.7 Å². The van der Waals surface area contributed by atoms with Crippen LogP contribution in [0.2, 0.25) is 0 Å². The molecular weight excluding hydrogens is 494 g/mol. The summed E-state index contributed by atoms with van der Waals surface area (Å²) in [5.41, 5.74) is -0.0909. The van der Waals surface area contributed by atoms with Gasteiger partial charge in [-0.1, -0.05) is 30.8 Å². The normalized spacial score (nSPS) is 28.4. The van der Waals surface area contributed by atoms with E-state index in [-0.39, 0.29) is 16.6 Å². The first-order valence-corrected chi connectivity index (χ1v) is 12.9. The van der Waals surface area contributed by atoms with Crippen LogP contribution in [0.5, 0.6) is 0 Å². The molecule has 1 unspecified atom stereocenters. The van der Waals surface area contributed by atoms with E-state index < -0.39 is 40.3 Å². The number of nitro groups is 1. The maximum atomic E-state index is 13.0. The summed E-state index contributed by atoms with van der Waals surface area (Å²) in [5, 5.41) is 40.5. The molecule has 4 heterocycles. The first-order chi connectivity index (χ1) is 16.6. The number of hydrogen-bond acceptors (Lipinski definition) is 9. The number of carboxylic acid groups (broad SMARTS) is 1. The molecule has 1 amide bonds. The summed E-state index contributed by atoms with van der Waals surface area (Å²) < 4.78 is 1.92. The van der Waals surface area contributed by atoms with Gasteiger partial charge in [0.15, 0.2) is 5.16 Å². The first kappa shape index (κ1) is 23.8. The number of aliphatic hydroxyl groups is 1. The molecule has 5 rings (SSSR count). The highest BCUT2D eigenvalue weighted by molar-refractivity contribution is 8.05. The fourth-order valence-electron chi connectivity index (χ4n) is 5.32. The second-order valence-corrected chi connectivity index (χ2v) is 11.5. The number of nitrogens with zero attached hydrogens (tertiary/aromatic N) is 5. The molecule has 0 radical (unpaired) electrons. The Morgan fingerprint density at radius 2 is 2.11 bits per heavy atom. The smallest absolute Gasteiger partial charge is 0.353 e. The maximum absolute atomic E-state index is 13.0. The molecule has 0 bridgehead atoms. The summed E-state index contributed by atoms with van der Waals surface area (Å²) in [4.78, 5) is 38.0. The van der Waals surface area contributed by atoms with Gasteiger partial charge in [0.1, 0.15) is 12.0 Å². The number of fused-ring (bicyclic) bond motifs is 2. The number of β-lactam (4-membered cyclic amide) rings is 1. The molecule has 1 aromatic carbocycles. The van der Waals surface area contributed by atoms with Gasteiger partial charge in [-0.3, -0.25) is 14.9 Å². The lowest BCUT2D eigenvalue weighted by molar-refractivity contribution is -0.384. The van der Waals surface area contributed by atoms with Crippen LogP contribution in [0.25, 0.3) is 0 Å². The van der Waals surface area contributed by atoms with E-state index in [2.05, 4.69) is 10.2 Å². The van der Waals surface area contributed by atoms with E-state index in [4.69, 9.17) is 0 Å². The minimum Gasteiger partial charge on any atom is -0.477 e. The number of rotatable bonds is 7. The SMILES string of the molecule is C[C@@H](O)[C@H]1C(=O)N2C(C(=O)O)=C(SC3CSc4nncn4C3)[C@](C)(Cc3ccc([N+](=O)[O-])cc3)[C@H]12. The number of thioether (sulfide) groups is 2. The Morgan fingerprint density at radius 1 is 1.40 bits per heavy atom. The Kier molecular flexibility index (Phi) is 5.88. The van der Waals surface area contributed by atoms with E-state index in [1.165, 1.54) is 28.8 Å². The van der Waals surface area contributed by atoms with Gasteiger partial charge in [-0.25, -0.2) is 4.79 Å². The quantitative estimate of drug-likeness (QED) is 0.317. The van der Waals surface area contributed by atoms with Crippen LogP contribution in [0, 0.1) is 21.4 Å². The van der Waals surface area contributed by atoms with E-state index in [1.807, 2.05) is 11.5 Å². The lowest BCUT2D eigenvalue weighted by Gasteiger charge is -2.51. The maximum Gasteiger partial charge on any atom is 0.353 e. The van der Waals surface area contributed by atoms with Crippen molar-refractivity contribution in [2.45, 2.75) is 49.4 Å². The highest BCUT2D eigenvalue weighted by atomic mass is 32.2. The van der Waals surface area contributed by atoms with E-state index >= 15 is 0 Å². The van der Waals surface area contributed by atoms with Crippen LogP contribution in [0.1, 0.15) is 19.4 Å². The van der Waals surface area contributed by atoms with Crippen molar-refractivity contribution in [1.29, 1.82) is 0 Å². The molecule has 35 heavy (non-hydrogen) atoms. The van der Waals surface area contributed by atoms with Crippen molar-refractivity contribution in [3.05, 3.63) is 56.9 Å². The lowest BCUT2D eigenvalue weighted by atomic mass is 9.67. The molecular formula is C22H23N5O6S2. The molecule has 2 aromatic rings. The van der Waals surface area contributed by atoms with Crippen LogP contribution in [0.15, 0.2) is 46.4 Å². The zero-order valence-corrected chi connectivity index (χ0v) is 20.5. The summed E-state index contributed by atoms with van der Waals surface area (Å²) in [6, 6.07) is 5.63. The minimum atomic E-state index is -1.18. The van der Waals surface area contributed by atoms with Crippen LogP contribution in [-0.4, -0.2) is 69.8 Å². The molecule has 0 aliphatic carbocycles. The molecule has 3 aliphatic rings. The van der Waals surface area contributed by atoms with Crippen molar-refractivity contribution in [2.24, 2.45) is 11.3 Å². The molecule has 184 valence electrons. The van der Waals surface area contributed by atoms with Crippen LogP contribution >= 0.6 is 23.5 Å². The van der Waals surface area contributed by atoms with E-state index in [1.54, 1.807) is 37.1 Å². The number of carboxylic acids is 1. The van der Waals surface area contributed by atoms with Crippen molar-refractivity contribution in [1.82, 2.24) is 19.7 Å². The zero-order chi connectivity index (χ0) is 25.1. The lowest BCUT2D eigenvalue weighted by Crippen LogP contribution is -2.66. The molecule has 0 spiro atoms. The zero-order valence-electron chi connectivity index (χ0n) is 18.9. The molecule has 5 atom stereocenters. The van der Waals surface area contributed by atoms with Gasteiger partial charge in [0.05, 0.1) is 23.0 Å². The average molecular weight is 518 g/mol. The monoisotopic (exact) mass is 517 g/mol. The summed E-state index contributed by atoms with van der Waals surface area (Å²) in [6.07, 6.45) is 1.07. The Morgan fingerprint density at radius 3 is 2.74 bits per heavy atom. The Labute approximate surface area is 208 Å². The summed E-state index contributed by atoms with van der Waals surface area (Å²) in [5.74, 6) is -1.61. The molecule has 1 fully saturated rings. The predicted octanol–water partition coefficient (Wildman–Crippen LogP) is 2.16. The van der Waals surface area contributed by atoms with E-state index in [0.717, 1.165) is 10.7 Å². The number of aliphatic carboxylic acids is 1. The van der Waals surface area contributed by atoms with Gasteiger partial charge in [-0.15, -0.1) is 22.0 Å². The number of hydrogen-bond donors (Lipinski definition) is 2. The van der Waals surface area contributed by atoms with Crippen LogP contribution in [0.3, 0.4) is 0 Å². The van der Waals surface area contributed by atoms with Crippen LogP contribution in [0.4, 0.5) is 5.69 Å². The summed E-state index contributed by atoms with van der Waals surface area (Å²) >= 11 is 2.99. The highest BCUT2D eigenvalue weighted by Crippen LogP contribution is 2.59. The second-order valence-electron chi connectivity index (χ2n) is 9.24. The summed E-state index contributed by atoms with van der Waals surface area (Å²) in [6.45, 7) is 4.07. The number of aliphatic hydroxyl groups excluding tert-OH is 1. The third-order valence-corrected chi connectivity index (χ3v) is 9.77. The van der Waals surface area contributed by atoms with E-state index in [0.29, 0.717) is 23.6 Å². The number of nitro benzene ring substituents is 1. The molecule has 1 saturated heterocycles. The van der Waals surface area contributed by atoms with Crippen molar-refractivity contribution < 1.29 is 24.7 Å². The van der Waals surface area contributed by atoms with Crippen molar-refractivity contribution >= 4 is 41.1 Å². The Hall–Kier alpha value is -2.90. The van der Waals surface area contributed by atoms with Crippen molar-refractivity contribution in [3.8, 4) is 0 Å². The Bertz CT molecular complexity index is 1250. The number of aromatic nitrogens is 3. The molecule has 2 N–H and O–H groups in total. The standard InChI is InChI=1S/C22H23N5O6S2/c1-11(28)15-17-22(2,7-12-3-5-13(6-4-12)27(32)33)18(16(20(30)31)26(17)19(15)29)35-14-8-25-10-23-24-21(25)34-9-14/h3-6,10-11,14-15,17,28H,7-9H2,1-2H3,(H,30,31)/t11-,14?,15-,17+,22-/m1/s1. The molecule has 3 aliphatic heterocycles. The van der Waals surface area contributed by atoms with Gasteiger partial charge in [0.2, 0.25) is 5.91 Å².